The first-order valence-corrected chi connectivity index (χ1v) is 6.85. The largest absolute Gasteiger partial charge is 0.462 e. The number of nitrogens with zero attached hydrogens (tertiary/aromatic N) is 1. The molecule has 8 heteroatoms. The van der Waals surface area contributed by atoms with Gasteiger partial charge in [0.05, 0.1) is 22.8 Å². The first-order valence-electron chi connectivity index (χ1n) is 6.85. The number of carbonyl (C=O) groups is 2. The van der Waals surface area contributed by atoms with Gasteiger partial charge in [0.1, 0.15) is 5.56 Å². The summed E-state index contributed by atoms with van der Waals surface area (Å²) in [6.45, 7) is 1.87. The first-order chi connectivity index (χ1) is 11.0. The highest BCUT2D eigenvalue weighted by molar-refractivity contribution is 6.09. The van der Waals surface area contributed by atoms with Gasteiger partial charge in [-0.1, -0.05) is 24.3 Å². The number of hydrogen-bond donors (Lipinski definition) is 1. The number of anilines is 1. The van der Waals surface area contributed by atoms with E-state index in [0.717, 1.165) is 0 Å². The van der Waals surface area contributed by atoms with Gasteiger partial charge in [0.2, 0.25) is 0 Å². The number of nitro groups is 1. The minimum Gasteiger partial charge on any atom is -0.462 e. The van der Waals surface area contributed by atoms with Crippen LogP contribution in [0.3, 0.4) is 0 Å². The van der Waals surface area contributed by atoms with Crippen LogP contribution in [0, 0.1) is 10.1 Å². The summed E-state index contributed by atoms with van der Waals surface area (Å²) in [5.74, 6) is -1.25. The molecule has 0 aliphatic rings. The van der Waals surface area contributed by atoms with Gasteiger partial charge < -0.3 is 15.5 Å². The van der Waals surface area contributed by atoms with Crippen molar-refractivity contribution in [3.63, 3.8) is 0 Å². The molecule has 0 bridgehead atoms. The number of benzene rings is 2. The molecule has 2 aromatic rings. The number of esters is 1. The fourth-order valence-corrected chi connectivity index (χ4v) is 1.99. The number of amides is 1. The highest BCUT2D eigenvalue weighted by Crippen LogP contribution is 2.21. The molecule has 0 aliphatic carbocycles. The van der Waals surface area contributed by atoms with E-state index in [4.69, 9.17) is 4.74 Å². The Morgan fingerprint density at radius 2 is 1.67 bits per heavy atom. The Kier molecular flexibility index (Phi) is 6.57. The Morgan fingerprint density at radius 3 is 2.29 bits per heavy atom. The molecule has 8 nitrogen and oxygen atoms in total. The topological polar surface area (TPSA) is 130 Å². The maximum Gasteiger partial charge on any atom is 0.340 e. The van der Waals surface area contributed by atoms with Crippen molar-refractivity contribution in [2.75, 3.05) is 11.9 Å². The molecule has 0 atom stereocenters. The van der Waals surface area contributed by atoms with Crippen LogP contribution >= 0.6 is 0 Å². The predicted molar refractivity (Wildman–Crippen MR) is 87.1 cm³/mol. The van der Waals surface area contributed by atoms with E-state index in [0.29, 0.717) is 0 Å². The maximum atomic E-state index is 12.3. The van der Waals surface area contributed by atoms with E-state index in [1.165, 1.54) is 36.4 Å². The van der Waals surface area contributed by atoms with Crippen molar-refractivity contribution in [1.82, 2.24) is 0 Å². The Bertz CT molecular complexity index is 760. The van der Waals surface area contributed by atoms with Gasteiger partial charge in [0.25, 0.3) is 11.6 Å². The highest BCUT2D eigenvalue weighted by Gasteiger charge is 2.21. The summed E-state index contributed by atoms with van der Waals surface area (Å²) >= 11 is 0. The van der Waals surface area contributed by atoms with Crippen LogP contribution in [0.1, 0.15) is 27.6 Å². The Labute approximate surface area is 137 Å². The zero-order valence-electron chi connectivity index (χ0n) is 12.8. The summed E-state index contributed by atoms with van der Waals surface area (Å²) in [5.41, 5.74) is 0.0187. The lowest BCUT2D eigenvalue weighted by atomic mass is 10.1. The number of hydrogen-bond acceptors (Lipinski definition) is 5. The third kappa shape index (κ3) is 4.14. The molecule has 1 amide bonds. The van der Waals surface area contributed by atoms with Gasteiger partial charge >= 0.3 is 5.97 Å². The minimum absolute atomic E-state index is 0. The molecule has 0 aliphatic heterocycles. The number of nitrogens with one attached hydrogen (secondary N) is 1. The lowest BCUT2D eigenvalue weighted by molar-refractivity contribution is -0.385. The van der Waals surface area contributed by atoms with Crippen molar-refractivity contribution in [3.8, 4) is 0 Å². The molecule has 0 saturated carbocycles. The van der Waals surface area contributed by atoms with E-state index in [2.05, 4.69) is 5.32 Å². The first kappa shape index (κ1) is 18.8. The standard InChI is InChI=1S/C16H14N2O5.H2O/c1-2-23-16(20)11-7-3-5-9-13(11)17-15(19)12-8-4-6-10-14(12)18(21)22;/h3-10H,2H2,1H3,(H,17,19);1H2. The summed E-state index contributed by atoms with van der Waals surface area (Å²) < 4.78 is 4.92. The fourth-order valence-electron chi connectivity index (χ4n) is 1.99. The van der Waals surface area contributed by atoms with Gasteiger partial charge in [-0.2, -0.15) is 0 Å². The number of nitro benzene ring substituents is 1. The lowest BCUT2D eigenvalue weighted by Crippen LogP contribution is -2.17. The Balaban J connectivity index is 0.00000288. The summed E-state index contributed by atoms with van der Waals surface area (Å²) in [4.78, 5) is 34.5. The van der Waals surface area contributed by atoms with Crippen molar-refractivity contribution in [2.45, 2.75) is 6.92 Å². The van der Waals surface area contributed by atoms with E-state index < -0.39 is 16.8 Å². The second-order valence-electron chi connectivity index (χ2n) is 4.49. The van der Waals surface area contributed by atoms with Crippen LogP contribution in [0.15, 0.2) is 48.5 Å². The van der Waals surface area contributed by atoms with Crippen molar-refractivity contribution < 1.29 is 24.7 Å². The average Bonchev–Trinajstić information content (AvgIpc) is 2.55. The molecule has 0 radical (unpaired) electrons. The van der Waals surface area contributed by atoms with Crippen LogP contribution in [-0.2, 0) is 4.74 Å². The molecule has 0 saturated heterocycles. The highest BCUT2D eigenvalue weighted by atomic mass is 16.6. The molecule has 126 valence electrons. The quantitative estimate of drug-likeness (QED) is 0.509. The van der Waals surface area contributed by atoms with Crippen LogP contribution in [0.4, 0.5) is 11.4 Å². The molecule has 0 unspecified atom stereocenters. The summed E-state index contributed by atoms with van der Waals surface area (Å²) in [6.07, 6.45) is 0. The number of para-hydroxylation sites is 2. The Morgan fingerprint density at radius 1 is 1.08 bits per heavy atom. The third-order valence-corrected chi connectivity index (χ3v) is 3.02. The second kappa shape index (κ2) is 8.39. The van der Waals surface area contributed by atoms with Gasteiger partial charge in [0.15, 0.2) is 0 Å². The van der Waals surface area contributed by atoms with Crippen LogP contribution in [0.2, 0.25) is 0 Å². The molecule has 0 heterocycles. The van der Waals surface area contributed by atoms with Gasteiger partial charge in [-0.15, -0.1) is 0 Å². The average molecular weight is 332 g/mol. The van der Waals surface area contributed by atoms with Crippen LogP contribution in [-0.4, -0.2) is 28.9 Å². The van der Waals surface area contributed by atoms with Gasteiger partial charge in [-0.3, -0.25) is 14.9 Å². The molecular weight excluding hydrogens is 316 g/mol. The van der Waals surface area contributed by atoms with E-state index in [1.54, 1.807) is 19.1 Å². The monoisotopic (exact) mass is 332 g/mol. The summed E-state index contributed by atoms with van der Waals surface area (Å²) in [7, 11) is 0. The van der Waals surface area contributed by atoms with Crippen LogP contribution in [0.25, 0.3) is 0 Å². The summed E-state index contributed by atoms with van der Waals surface area (Å²) in [6, 6.07) is 11.9. The minimum atomic E-state index is -0.672. The second-order valence-corrected chi connectivity index (χ2v) is 4.49. The molecule has 2 rings (SSSR count). The maximum absolute atomic E-state index is 12.3. The molecule has 0 fully saturated rings. The van der Waals surface area contributed by atoms with Gasteiger partial charge in [-0.05, 0) is 25.1 Å². The smallest absolute Gasteiger partial charge is 0.340 e. The molecule has 0 spiro atoms. The molecule has 0 aromatic heterocycles. The Hall–Kier alpha value is -3.26. The van der Waals surface area contributed by atoms with E-state index in [1.807, 2.05) is 0 Å². The van der Waals surface area contributed by atoms with Gasteiger partial charge in [-0.25, -0.2) is 4.79 Å². The van der Waals surface area contributed by atoms with Crippen molar-refractivity contribution >= 4 is 23.3 Å². The molecule has 2 aromatic carbocycles. The fraction of sp³-hybridized carbons (Fsp3) is 0.125. The number of carbonyl (C=O) groups excluding carboxylic acids is 2. The third-order valence-electron chi connectivity index (χ3n) is 3.02. The van der Waals surface area contributed by atoms with E-state index in [-0.39, 0.29) is 34.6 Å². The zero-order valence-corrected chi connectivity index (χ0v) is 12.8. The number of ether oxygens (including phenoxy) is 1. The summed E-state index contributed by atoms with van der Waals surface area (Å²) in [5, 5.41) is 13.5. The SMILES string of the molecule is CCOC(=O)c1ccccc1NC(=O)c1ccccc1[N+](=O)[O-].O. The molecular formula is C16H16N2O6. The van der Waals surface area contributed by atoms with E-state index >= 15 is 0 Å². The van der Waals surface area contributed by atoms with Crippen LogP contribution in [0.5, 0.6) is 0 Å². The van der Waals surface area contributed by atoms with Crippen molar-refractivity contribution in [1.29, 1.82) is 0 Å². The molecule has 24 heavy (non-hydrogen) atoms. The number of rotatable bonds is 5. The van der Waals surface area contributed by atoms with Gasteiger partial charge in [0, 0.05) is 6.07 Å². The lowest BCUT2D eigenvalue weighted by Gasteiger charge is -2.10. The predicted octanol–water partition coefficient (Wildman–Crippen LogP) is 2.20. The van der Waals surface area contributed by atoms with Crippen LogP contribution < -0.4 is 5.32 Å². The molecule has 3 N–H and O–H groups in total. The van der Waals surface area contributed by atoms with Crippen molar-refractivity contribution in [3.05, 3.63) is 69.8 Å². The normalized spacial score (nSPS) is 9.54. The zero-order chi connectivity index (χ0) is 16.8. The van der Waals surface area contributed by atoms with E-state index in [9.17, 15) is 19.7 Å². The van der Waals surface area contributed by atoms with Crippen molar-refractivity contribution in [2.24, 2.45) is 0 Å².